The molecule has 2 aromatic rings. The molecule has 1 N–H and O–H groups in total. The minimum atomic E-state index is -0.235. The van der Waals surface area contributed by atoms with Crippen molar-refractivity contribution in [2.75, 3.05) is 14.2 Å². The Labute approximate surface area is 117 Å². The summed E-state index contributed by atoms with van der Waals surface area (Å²) in [6, 6.07) is 8.23. The lowest BCUT2D eigenvalue weighted by molar-refractivity contribution is 0.348. The maximum Gasteiger partial charge on any atom is 0.183 e. The number of halogens is 1. The van der Waals surface area contributed by atoms with Crippen LogP contribution < -0.4 is 14.8 Å². The van der Waals surface area contributed by atoms with Crippen molar-refractivity contribution in [3.8, 4) is 11.5 Å². The summed E-state index contributed by atoms with van der Waals surface area (Å²) in [5.41, 5.74) is 1.63. The standard InChI is InChI=1S/C15H17FN2O2/c1-19-14-6-7-18-13(15(14)20-2)10-17-9-11-4-3-5-12(16)8-11/h3-8,17H,9-10H2,1-2H3. The van der Waals surface area contributed by atoms with Gasteiger partial charge in [0.15, 0.2) is 11.5 Å². The molecule has 0 atom stereocenters. The Morgan fingerprint density at radius 2 is 2.00 bits per heavy atom. The van der Waals surface area contributed by atoms with Crippen LogP contribution in [0.1, 0.15) is 11.3 Å². The Hall–Kier alpha value is -2.14. The number of hydrogen-bond acceptors (Lipinski definition) is 4. The van der Waals surface area contributed by atoms with Gasteiger partial charge in [0.1, 0.15) is 5.82 Å². The maximum atomic E-state index is 13.1. The number of aromatic nitrogens is 1. The highest BCUT2D eigenvalue weighted by molar-refractivity contribution is 5.42. The van der Waals surface area contributed by atoms with E-state index < -0.39 is 0 Å². The van der Waals surface area contributed by atoms with Crippen LogP contribution in [0, 0.1) is 5.82 Å². The molecule has 0 saturated heterocycles. The zero-order valence-corrected chi connectivity index (χ0v) is 11.5. The minimum Gasteiger partial charge on any atom is -0.493 e. The first-order valence-corrected chi connectivity index (χ1v) is 6.25. The van der Waals surface area contributed by atoms with E-state index in [1.165, 1.54) is 12.1 Å². The van der Waals surface area contributed by atoms with Crippen LogP contribution in [0.15, 0.2) is 36.5 Å². The Morgan fingerprint density at radius 3 is 2.70 bits per heavy atom. The van der Waals surface area contributed by atoms with Crippen molar-refractivity contribution in [1.29, 1.82) is 0 Å². The van der Waals surface area contributed by atoms with Crippen LogP contribution in [-0.4, -0.2) is 19.2 Å². The number of hydrogen-bond donors (Lipinski definition) is 1. The summed E-state index contributed by atoms with van der Waals surface area (Å²) in [5, 5.41) is 3.21. The van der Waals surface area contributed by atoms with Crippen molar-refractivity contribution >= 4 is 0 Å². The predicted octanol–water partition coefficient (Wildman–Crippen LogP) is 2.53. The second kappa shape index (κ2) is 6.86. The fraction of sp³-hybridized carbons (Fsp3) is 0.267. The van der Waals surface area contributed by atoms with Crippen molar-refractivity contribution in [2.24, 2.45) is 0 Å². The first kappa shape index (κ1) is 14.3. The molecule has 4 nitrogen and oxygen atoms in total. The molecule has 20 heavy (non-hydrogen) atoms. The van der Waals surface area contributed by atoms with Crippen LogP contribution in [0.25, 0.3) is 0 Å². The predicted molar refractivity (Wildman–Crippen MR) is 74.3 cm³/mol. The van der Waals surface area contributed by atoms with Crippen LogP contribution in [0.5, 0.6) is 11.5 Å². The molecule has 106 valence electrons. The summed E-state index contributed by atoms with van der Waals surface area (Å²) in [6.45, 7) is 1.07. The van der Waals surface area contributed by atoms with Crippen molar-refractivity contribution in [1.82, 2.24) is 10.3 Å². The average molecular weight is 276 g/mol. The van der Waals surface area contributed by atoms with Gasteiger partial charge in [-0.05, 0) is 17.7 Å². The lowest BCUT2D eigenvalue weighted by atomic mass is 10.2. The van der Waals surface area contributed by atoms with Crippen LogP contribution in [0.2, 0.25) is 0 Å². The molecule has 0 radical (unpaired) electrons. The molecule has 1 aromatic heterocycles. The minimum absolute atomic E-state index is 0.235. The summed E-state index contributed by atoms with van der Waals surface area (Å²) in [6.07, 6.45) is 1.67. The fourth-order valence-electron chi connectivity index (χ4n) is 1.95. The summed E-state index contributed by atoms with van der Waals surface area (Å²) >= 11 is 0. The highest BCUT2D eigenvalue weighted by Crippen LogP contribution is 2.28. The zero-order valence-electron chi connectivity index (χ0n) is 11.5. The molecular formula is C15H17FN2O2. The molecule has 0 amide bonds. The lowest BCUT2D eigenvalue weighted by Crippen LogP contribution is -2.14. The Bertz CT molecular complexity index is 576. The van der Waals surface area contributed by atoms with Crippen molar-refractivity contribution in [2.45, 2.75) is 13.1 Å². The number of nitrogens with one attached hydrogen (secondary N) is 1. The monoisotopic (exact) mass is 276 g/mol. The topological polar surface area (TPSA) is 43.4 Å². The van der Waals surface area contributed by atoms with Crippen molar-refractivity contribution < 1.29 is 13.9 Å². The van der Waals surface area contributed by atoms with Crippen LogP contribution in [0.4, 0.5) is 4.39 Å². The summed E-state index contributed by atoms with van der Waals surface area (Å²) in [4.78, 5) is 4.27. The molecule has 1 aromatic carbocycles. The molecule has 0 fully saturated rings. The van der Waals surface area contributed by atoms with E-state index in [1.54, 1.807) is 32.5 Å². The molecule has 0 bridgehead atoms. The Balaban J connectivity index is 2.01. The van der Waals surface area contributed by atoms with Crippen LogP contribution >= 0.6 is 0 Å². The van der Waals surface area contributed by atoms with Crippen LogP contribution in [-0.2, 0) is 13.1 Å². The quantitative estimate of drug-likeness (QED) is 0.880. The van der Waals surface area contributed by atoms with Gasteiger partial charge < -0.3 is 14.8 Å². The van der Waals surface area contributed by atoms with Gasteiger partial charge in [0.05, 0.1) is 19.9 Å². The molecule has 0 saturated carbocycles. The second-order valence-corrected chi connectivity index (χ2v) is 4.23. The van der Waals surface area contributed by atoms with E-state index in [0.29, 0.717) is 24.6 Å². The third kappa shape index (κ3) is 3.45. The maximum absolute atomic E-state index is 13.1. The smallest absolute Gasteiger partial charge is 0.183 e. The fourth-order valence-corrected chi connectivity index (χ4v) is 1.95. The number of rotatable bonds is 6. The number of pyridine rings is 1. The zero-order chi connectivity index (χ0) is 14.4. The first-order valence-electron chi connectivity index (χ1n) is 6.25. The highest BCUT2D eigenvalue weighted by atomic mass is 19.1. The van der Waals surface area contributed by atoms with Crippen molar-refractivity contribution in [3.63, 3.8) is 0 Å². The van der Waals surface area contributed by atoms with Gasteiger partial charge in [0.25, 0.3) is 0 Å². The molecule has 1 heterocycles. The van der Waals surface area contributed by atoms with E-state index >= 15 is 0 Å². The number of ether oxygens (including phenoxy) is 2. The highest BCUT2D eigenvalue weighted by Gasteiger charge is 2.10. The molecule has 0 aliphatic rings. The molecule has 0 aliphatic heterocycles. The summed E-state index contributed by atoms with van der Waals surface area (Å²) in [7, 11) is 3.16. The van der Waals surface area contributed by atoms with Gasteiger partial charge >= 0.3 is 0 Å². The van der Waals surface area contributed by atoms with E-state index in [9.17, 15) is 4.39 Å². The van der Waals surface area contributed by atoms with E-state index in [1.807, 2.05) is 6.07 Å². The third-order valence-electron chi connectivity index (χ3n) is 2.88. The van der Waals surface area contributed by atoms with Crippen molar-refractivity contribution in [3.05, 3.63) is 53.6 Å². The van der Waals surface area contributed by atoms with Gasteiger partial charge in [0.2, 0.25) is 0 Å². The molecule has 0 aliphatic carbocycles. The van der Waals surface area contributed by atoms with E-state index in [0.717, 1.165) is 11.3 Å². The summed E-state index contributed by atoms with van der Waals surface area (Å²) < 4.78 is 23.6. The molecule has 5 heteroatoms. The second-order valence-electron chi connectivity index (χ2n) is 4.23. The largest absolute Gasteiger partial charge is 0.493 e. The van der Waals surface area contributed by atoms with Gasteiger partial charge in [0, 0.05) is 25.4 Å². The lowest BCUT2D eigenvalue weighted by Gasteiger charge is -2.12. The van der Waals surface area contributed by atoms with E-state index in [-0.39, 0.29) is 5.82 Å². The molecule has 0 spiro atoms. The Morgan fingerprint density at radius 1 is 1.15 bits per heavy atom. The van der Waals surface area contributed by atoms with Gasteiger partial charge in [-0.1, -0.05) is 12.1 Å². The first-order chi connectivity index (χ1) is 9.74. The van der Waals surface area contributed by atoms with Gasteiger partial charge in [-0.2, -0.15) is 0 Å². The number of benzene rings is 1. The van der Waals surface area contributed by atoms with Gasteiger partial charge in [-0.3, -0.25) is 4.98 Å². The van der Waals surface area contributed by atoms with E-state index in [2.05, 4.69) is 10.3 Å². The molecule has 2 rings (SSSR count). The summed E-state index contributed by atoms with van der Waals surface area (Å²) in [5.74, 6) is 1.02. The average Bonchev–Trinajstić information content (AvgIpc) is 2.47. The van der Waals surface area contributed by atoms with Crippen LogP contribution in [0.3, 0.4) is 0 Å². The molecule has 0 unspecified atom stereocenters. The molecular weight excluding hydrogens is 259 g/mol. The number of nitrogens with zero attached hydrogens (tertiary/aromatic N) is 1. The SMILES string of the molecule is COc1ccnc(CNCc2cccc(F)c2)c1OC. The normalized spacial score (nSPS) is 10.3. The Kier molecular flexibility index (Phi) is 4.90. The van der Waals surface area contributed by atoms with Gasteiger partial charge in [-0.25, -0.2) is 4.39 Å². The number of methoxy groups -OCH3 is 2. The van der Waals surface area contributed by atoms with E-state index in [4.69, 9.17) is 9.47 Å². The third-order valence-corrected chi connectivity index (χ3v) is 2.88. The van der Waals surface area contributed by atoms with Gasteiger partial charge in [-0.15, -0.1) is 0 Å².